The lowest BCUT2D eigenvalue weighted by Crippen LogP contribution is -2.35. The Bertz CT molecular complexity index is 955. The van der Waals surface area contributed by atoms with E-state index in [4.69, 9.17) is 27.9 Å². The summed E-state index contributed by atoms with van der Waals surface area (Å²) in [4.78, 5) is 26.0. The molecule has 28 heavy (non-hydrogen) atoms. The van der Waals surface area contributed by atoms with Gasteiger partial charge in [0, 0.05) is 27.7 Å². The van der Waals surface area contributed by atoms with E-state index in [2.05, 4.69) is 0 Å². The van der Waals surface area contributed by atoms with Crippen LogP contribution >= 0.6 is 23.2 Å². The molecule has 0 unspecified atom stereocenters. The molecule has 146 valence electrons. The van der Waals surface area contributed by atoms with E-state index in [0.29, 0.717) is 33.4 Å². The Balaban J connectivity index is 2.27. The Morgan fingerprint density at radius 2 is 1.93 bits per heavy atom. The van der Waals surface area contributed by atoms with E-state index in [-0.39, 0.29) is 11.7 Å². The number of carboxylic acid groups (broad SMARTS) is 1. The summed E-state index contributed by atoms with van der Waals surface area (Å²) in [5, 5.41) is 10.2. The highest BCUT2D eigenvalue weighted by atomic mass is 35.5. The average molecular weight is 420 g/mol. The largest absolute Gasteiger partial charge is 0.478 e. The molecule has 0 bridgehead atoms. The van der Waals surface area contributed by atoms with Gasteiger partial charge < -0.3 is 14.7 Å². The molecule has 2 aromatic carbocycles. The number of ether oxygens (including phenoxy) is 1. The first kappa shape index (κ1) is 20.2. The van der Waals surface area contributed by atoms with Gasteiger partial charge in [0.15, 0.2) is 11.9 Å². The van der Waals surface area contributed by atoms with Crippen LogP contribution in [0.25, 0.3) is 0 Å². The van der Waals surface area contributed by atoms with Crippen molar-refractivity contribution in [1.29, 1.82) is 0 Å². The fraction of sp³-hybridized carbons (Fsp3) is 0.238. The van der Waals surface area contributed by atoms with E-state index >= 15 is 0 Å². The molecular weight excluding hydrogens is 401 g/mol. The van der Waals surface area contributed by atoms with Crippen LogP contribution < -0.4 is 4.90 Å². The lowest BCUT2D eigenvalue weighted by atomic mass is 9.99. The predicted octanol–water partition coefficient (Wildman–Crippen LogP) is 5.07. The van der Waals surface area contributed by atoms with Crippen LogP contribution in [0, 0.1) is 5.92 Å². The van der Waals surface area contributed by atoms with E-state index in [1.54, 1.807) is 42.5 Å². The molecule has 0 radical (unpaired) electrons. The van der Waals surface area contributed by atoms with Crippen molar-refractivity contribution in [3.63, 3.8) is 0 Å². The molecule has 0 spiro atoms. The number of nitrogens with zero attached hydrogens (tertiary/aromatic N) is 1. The molecule has 0 saturated carbocycles. The fourth-order valence-electron chi connectivity index (χ4n) is 3.14. The number of aliphatic carboxylic acids is 1. The minimum atomic E-state index is -1.27. The molecule has 2 aromatic rings. The Hall–Kier alpha value is -2.50. The van der Waals surface area contributed by atoms with E-state index in [1.807, 2.05) is 13.8 Å². The summed E-state index contributed by atoms with van der Waals surface area (Å²) in [7, 11) is 0. The van der Waals surface area contributed by atoms with Gasteiger partial charge in [-0.3, -0.25) is 4.79 Å². The van der Waals surface area contributed by atoms with Crippen molar-refractivity contribution in [3.05, 3.63) is 75.5 Å². The van der Waals surface area contributed by atoms with Gasteiger partial charge in [0.2, 0.25) is 0 Å². The van der Waals surface area contributed by atoms with Gasteiger partial charge in [-0.15, -0.1) is 0 Å². The van der Waals surface area contributed by atoms with Crippen LogP contribution in [0.4, 0.5) is 5.69 Å². The second kappa shape index (κ2) is 8.25. The standard InChI is InChI=1S/C21H19Cl2NO4/c1-12(2)11-24-17-8-7-13(22)9-15(17)20(14-5-3-4-6-16(14)23)28-18(21(24)27)10-19(25)26/h3-10,12,20H,11H2,1-2H3,(H,25,26)/b18-10+/t20-/m0/s1. The number of amides is 1. The highest BCUT2D eigenvalue weighted by Crippen LogP contribution is 2.42. The maximum Gasteiger partial charge on any atom is 0.332 e. The van der Waals surface area contributed by atoms with E-state index in [1.165, 1.54) is 4.90 Å². The summed E-state index contributed by atoms with van der Waals surface area (Å²) >= 11 is 12.6. The molecule has 3 rings (SSSR count). The number of benzene rings is 2. The molecule has 0 aliphatic carbocycles. The maximum atomic E-state index is 13.1. The van der Waals surface area contributed by atoms with Gasteiger partial charge >= 0.3 is 5.97 Å². The topological polar surface area (TPSA) is 66.8 Å². The molecule has 0 fully saturated rings. The summed E-state index contributed by atoms with van der Waals surface area (Å²) in [5.74, 6) is -1.90. The lowest BCUT2D eigenvalue weighted by Gasteiger charge is -2.24. The SMILES string of the molecule is CC(C)CN1C(=O)/C(=C\C(=O)O)O[C@@H](c2ccccc2Cl)c2cc(Cl)ccc21. The number of carbonyl (C=O) groups is 2. The van der Waals surface area contributed by atoms with Gasteiger partial charge in [-0.05, 0) is 30.2 Å². The second-order valence-corrected chi connectivity index (χ2v) is 7.72. The maximum absolute atomic E-state index is 13.1. The van der Waals surface area contributed by atoms with Gasteiger partial charge in [0.1, 0.15) is 0 Å². The number of rotatable bonds is 4. The minimum absolute atomic E-state index is 0.149. The van der Waals surface area contributed by atoms with E-state index in [9.17, 15) is 14.7 Å². The Kier molecular flexibility index (Phi) is 5.96. The van der Waals surface area contributed by atoms with Crippen molar-refractivity contribution < 1.29 is 19.4 Å². The third kappa shape index (κ3) is 4.16. The molecule has 0 saturated heterocycles. The summed E-state index contributed by atoms with van der Waals surface area (Å²) in [6.45, 7) is 4.34. The number of carboxylic acids is 1. The normalized spacial score (nSPS) is 18.0. The van der Waals surface area contributed by atoms with Crippen molar-refractivity contribution >= 4 is 40.8 Å². The van der Waals surface area contributed by atoms with Crippen LogP contribution in [0.2, 0.25) is 10.0 Å². The molecule has 1 aliphatic rings. The molecule has 1 amide bonds. The van der Waals surface area contributed by atoms with Crippen LogP contribution in [0.1, 0.15) is 31.1 Å². The van der Waals surface area contributed by atoms with Crippen LogP contribution in [0.5, 0.6) is 0 Å². The third-order valence-corrected chi connectivity index (χ3v) is 4.83. The van der Waals surface area contributed by atoms with Gasteiger partial charge in [0.05, 0.1) is 11.8 Å². The molecular formula is C21H19Cl2NO4. The predicted molar refractivity (Wildman–Crippen MR) is 109 cm³/mol. The first-order chi connectivity index (χ1) is 13.3. The number of halogens is 2. The summed E-state index contributed by atoms with van der Waals surface area (Å²) in [6, 6.07) is 12.2. The smallest absolute Gasteiger partial charge is 0.332 e. The number of carbonyl (C=O) groups excluding carboxylic acids is 1. The van der Waals surface area contributed by atoms with Crippen LogP contribution in [-0.2, 0) is 14.3 Å². The fourth-order valence-corrected chi connectivity index (χ4v) is 3.55. The number of anilines is 1. The highest BCUT2D eigenvalue weighted by Gasteiger charge is 2.35. The quantitative estimate of drug-likeness (QED) is 0.702. The van der Waals surface area contributed by atoms with Gasteiger partial charge in [-0.1, -0.05) is 55.2 Å². The highest BCUT2D eigenvalue weighted by molar-refractivity contribution is 6.31. The molecule has 1 heterocycles. The monoisotopic (exact) mass is 419 g/mol. The van der Waals surface area contributed by atoms with Crippen molar-refractivity contribution in [2.45, 2.75) is 20.0 Å². The number of fused-ring (bicyclic) bond motifs is 1. The lowest BCUT2D eigenvalue weighted by molar-refractivity contribution is -0.132. The number of hydrogen-bond acceptors (Lipinski definition) is 3. The summed E-state index contributed by atoms with van der Waals surface area (Å²) in [6.07, 6.45) is 0.00148. The second-order valence-electron chi connectivity index (χ2n) is 6.88. The third-order valence-electron chi connectivity index (χ3n) is 4.25. The van der Waals surface area contributed by atoms with Crippen LogP contribution in [0.3, 0.4) is 0 Å². The number of hydrogen-bond donors (Lipinski definition) is 1. The van der Waals surface area contributed by atoms with Gasteiger partial charge in [-0.25, -0.2) is 4.79 Å². The van der Waals surface area contributed by atoms with Gasteiger partial charge in [-0.2, -0.15) is 0 Å². The van der Waals surface area contributed by atoms with Crippen LogP contribution in [-0.4, -0.2) is 23.5 Å². The molecule has 1 atom stereocenters. The zero-order chi connectivity index (χ0) is 20.4. The van der Waals surface area contributed by atoms with Crippen molar-refractivity contribution in [2.24, 2.45) is 5.92 Å². The average Bonchev–Trinajstić information content (AvgIpc) is 2.72. The first-order valence-corrected chi connectivity index (χ1v) is 9.50. The van der Waals surface area contributed by atoms with E-state index in [0.717, 1.165) is 6.08 Å². The first-order valence-electron chi connectivity index (χ1n) is 8.75. The van der Waals surface area contributed by atoms with Gasteiger partial charge in [0.25, 0.3) is 5.91 Å². The molecule has 0 aromatic heterocycles. The molecule has 5 nitrogen and oxygen atoms in total. The van der Waals surface area contributed by atoms with Crippen LogP contribution in [0.15, 0.2) is 54.3 Å². The Labute approximate surface area is 173 Å². The minimum Gasteiger partial charge on any atom is -0.478 e. The van der Waals surface area contributed by atoms with Crippen molar-refractivity contribution in [2.75, 3.05) is 11.4 Å². The molecule has 1 aliphatic heterocycles. The summed E-state index contributed by atoms with van der Waals surface area (Å²) < 4.78 is 5.94. The zero-order valence-electron chi connectivity index (χ0n) is 15.4. The Morgan fingerprint density at radius 1 is 1.21 bits per heavy atom. The van der Waals surface area contributed by atoms with Crippen molar-refractivity contribution in [1.82, 2.24) is 0 Å². The van der Waals surface area contributed by atoms with Crippen molar-refractivity contribution in [3.8, 4) is 0 Å². The summed E-state index contributed by atoms with van der Waals surface area (Å²) in [5.41, 5.74) is 1.87. The van der Waals surface area contributed by atoms with E-state index < -0.39 is 18.0 Å². The Morgan fingerprint density at radius 3 is 2.57 bits per heavy atom. The molecule has 1 N–H and O–H groups in total. The zero-order valence-corrected chi connectivity index (χ0v) is 16.9. The molecule has 7 heteroatoms.